The van der Waals surface area contributed by atoms with Gasteiger partial charge < -0.3 is 52.1 Å². The van der Waals surface area contributed by atoms with E-state index >= 15 is 0 Å². The standard InChI is InChI=1S/C24H26O4.C14H19NO.C14H22O2.2C9H17NO2.C9H16O2.C8H14O2.C7H13NO/c1-7-24(6,18-8-12-20(13-9-18)27-22(25)16(2)3)19-10-14-21(15-11-19)28-23(26)17(4)5;1-3-12(2)14-7-5-13(6-8-14)11-16-10-4-9-15;1-5-14(4)11-7-6-10(8-11)12(14)16-13(15)9(2)3;2*1-3-9(2)12-8-7-11-6-4-5-10;1-5-8(4)6-11-9(10)7(2)3;1-5-7(4)10-8(9)6(2)3;1-3-7(2)9-6-4-5-8/h8-15H,2,4,7H2,1,3,5-6H3;5-8,12H,3-4,10-11H2,1-2H3;10-12H,2,5-8H2,1,3-4H3;2*9H,3-4,6-8H2,1-2H3;8H,2,5-6H2,1,3-4H3;7H,2,5H2,1,3-4H3;7H,3-4,6H2,1-2H3. The fourth-order valence-electron chi connectivity index (χ4n) is 10.4. The monoisotopic (exact) mass is 1590 g/mol. The Labute approximate surface area is 687 Å². The van der Waals surface area contributed by atoms with Gasteiger partial charge in [0.2, 0.25) is 0 Å². The first kappa shape index (κ1) is 110. The van der Waals surface area contributed by atoms with Gasteiger partial charge in [-0.25, -0.2) is 24.0 Å². The van der Waals surface area contributed by atoms with Gasteiger partial charge in [0.25, 0.3) is 0 Å². The van der Waals surface area contributed by atoms with E-state index in [2.05, 4.69) is 132 Å². The zero-order valence-electron chi connectivity index (χ0n) is 73.7. The second-order valence-electron chi connectivity index (χ2n) is 29.3. The Balaban J connectivity index is -0.00000128. The molecule has 2 bridgehead atoms. The van der Waals surface area contributed by atoms with Gasteiger partial charge in [-0.15, -0.1) is 0 Å². The SMILES string of the molecule is C=C(C)C(=O)OC(C)CC.C=C(C)C(=O)OC1C2CCC(C2)C1(C)CC.C=C(C)C(=O)OCC(C)CC.C=C(C)C(=O)Oc1ccc(C(C)(CC)c2ccc(OC(=O)C(=C)C)cc2)cc1.CCC(C)OCCC#N.CCC(C)OCCOCCC#N.CCC(C)OCCOCCC#N.CCC(C)c1ccc(COCCC#N)cc1. The molecule has 0 aromatic heterocycles. The summed E-state index contributed by atoms with van der Waals surface area (Å²) in [6, 6.07) is 31.6. The van der Waals surface area contributed by atoms with Crippen molar-refractivity contribution < 1.29 is 76.1 Å². The average Bonchev–Trinajstić information content (AvgIpc) is 1.59. The summed E-state index contributed by atoms with van der Waals surface area (Å²) in [6.07, 6.45) is 14.8. The fraction of sp³-hybridized carbons (Fsp3) is 0.606. The van der Waals surface area contributed by atoms with Crippen molar-refractivity contribution in [2.75, 3.05) is 59.5 Å². The average molecular weight is 1590 g/mol. The van der Waals surface area contributed by atoms with Crippen molar-refractivity contribution in [3.63, 3.8) is 0 Å². The van der Waals surface area contributed by atoms with Crippen molar-refractivity contribution in [2.45, 2.75) is 290 Å². The van der Waals surface area contributed by atoms with Crippen molar-refractivity contribution in [3.05, 3.63) is 156 Å². The Morgan fingerprint density at radius 2 is 0.868 bits per heavy atom. The summed E-state index contributed by atoms with van der Waals surface area (Å²) in [5.41, 5.74) is 6.85. The van der Waals surface area contributed by atoms with Crippen molar-refractivity contribution in [1.29, 1.82) is 21.0 Å². The van der Waals surface area contributed by atoms with E-state index < -0.39 is 11.9 Å². The molecule has 10 unspecified atom stereocenters. The van der Waals surface area contributed by atoms with Crippen LogP contribution in [0.4, 0.5) is 0 Å². The Kier molecular flexibility index (Phi) is 63.1. The van der Waals surface area contributed by atoms with Gasteiger partial charge >= 0.3 is 29.8 Å². The van der Waals surface area contributed by atoms with Gasteiger partial charge in [-0.2, -0.15) is 21.0 Å². The maximum atomic E-state index is 11.7. The molecule has 636 valence electrons. The lowest BCUT2D eigenvalue weighted by Gasteiger charge is -2.39. The lowest BCUT2D eigenvalue weighted by molar-refractivity contribution is -0.155. The lowest BCUT2D eigenvalue weighted by atomic mass is 9.71. The Hall–Kier alpha value is -8.57. The predicted molar refractivity (Wildman–Crippen MR) is 455 cm³/mol. The molecular weight excluding hydrogens is 1440 g/mol. The summed E-state index contributed by atoms with van der Waals surface area (Å²) in [5.74, 6) is 1.71. The third-order valence-corrected chi connectivity index (χ3v) is 19.5. The van der Waals surface area contributed by atoms with Crippen LogP contribution >= 0.6 is 0 Å². The molecule has 2 aliphatic carbocycles. The van der Waals surface area contributed by atoms with Gasteiger partial charge in [0.05, 0.1) is 140 Å². The highest BCUT2D eigenvalue weighted by Gasteiger charge is 2.56. The van der Waals surface area contributed by atoms with Gasteiger partial charge in [0, 0.05) is 38.7 Å². The molecule has 0 amide bonds. The quantitative estimate of drug-likeness (QED) is 0.0168. The molecule has 3 aromatic rings. The first-order chi connectivity index (χ1) is 54.0. The van der Waals surface area contributed by atoms with Gasteiger partial charge in [-0.05, 0) is 197 Å². The molecule has 5 rings (SSSR count). The maximum absolute atomic E-state index is 11.7. The molecule has 114 heavy (non-hydrogen) atoms. The molecule has 0 N–H and O–H groups in total. The Bertz CT molecular complexity index is 3310. The normalized spacial score (nSPS) is 16.0. The number of hydrogen-bond acceptors (Lipinski definition) is 20. The van der Waals surface area contributed by atoms with Gasteiger partial charge in [0.1, 0.15) is 17.6 Å². The Morgan fingerprint density at radius 3 is 1.23 bits per heavy atom. The van der Waals surface area contributed by atoms with Crippen LogP contribution in [-0.2, 0) is 78.6 Å². The van der Waals surface area contributed by atoms with E-state index in [0.717, 1.165) is 68.4 Å². The van der Waals surface area contributed by atoms with Crippen LogP contribution in [0.25, 0.3) is 0 Å². The van der Waals surface area contributed by atoms with E-state index in [0.29, 0.717) is 167 Å². The fourth-order valence-corrected chi connectivity index (χ4v) is 10.4. The third kappa shape index (κ3) is 49.3. The zero-order chi connectivity index (χ0) is 87.2. The topological polar surface area (TPSA) is 282 Å². The van der Waals surface area contributed by atoms with Crippen molar-refractivity contribution in [2.24, 2.45) is 23.2 Å². The van der Waals surface area contributed by atoms with Crippen LogP contribution in [0.3, 0.4) is 0 Å². The minimum atomic E-state index is -0.439. The maximum Gasteiger partial charge on any atom is 0.338 e. The minimum absolute atomic E-state index is 0.00389. The predicted octanol–water partition coefficient (Wildman–Crippen LogP) is 21.6. The molecule has 0 heterocycles. The van der Waals surface area contributed by atoms with E-state index in [1.54, 1.807) is 58.9 Å². The molecule has 10 atom stereocenters. The van der Waals surface area contributed by atoms with Crippen LogP contribution in [-0.4, -0.2) is 120 Å². The Morgan fingerprint density at radius 1 is 0.474 bits per heavy atom. The lowest BCUT2D eigenvalue weighted by Crippen LogP contribution is -2.40. The summed E-state index contributed by atoms with van der Waals surface area (Å²) >= 11 is 0. The van der Waals surface area contributed by atoms with Crippen LogP contribution in [0.5, 0.6) is 11.5 Å². The van der Waals surface area contributed by atoms with Crippen molar-refractivity contribution in [1.82, 2.24) is 0 Å². The molecule has 2 saturated carbocycles. The summed E-state index contributed by atoms with van der Waals surface area (Å²) in [6.45, 7) is 65.1. The molecule has 0 radical (unpaired) electrons. The van der Waals surface area contributed by atoms with Gasteiger partial charge in [-0.3, -0.25) is 0 Å². The van der Waals surface area contributed by atoms with E-state index in [9.17, 15) is 24.0 Å². The van der Waals surface area contributed by atoms with Crippen LogP contribution in [0.1, 0.15) is 270 Å². The number of hydrogen-bond donors (Lipinski definition) is 0. The first-order valence-corrected chi connectivity index (χ1v) is 40.7. The number of carbonyl (C=O) groups excluding carboxylic acids is 5. The molecular formula is C94H144N4O16. The first-order valence-electron chi connectivity index (χ1n) is 40.7. The number of carbonyl (C=O) groups is 5. The van der Waals surface area contributed by atoms with Crippen LogP contribution < -0.4 is 9.47 Å². The van der Waals surface area contributed by atoms with Crippen molar-refractivity contribution >= 4 is 29.8 Å². The van der Waals surface area contributed by atoms with Crippen LogP contribution in [0, 0.1) is 68.5 Å². The van der Waals surface area contributed by atoms with Gasteiger partial charge in [-0.1, -0.05) is 171 Å². The van der Waals surface area contributed by atoms with E-state index in [1.165, 1.54) is 30.4 Å². The summed E-state index contributed by atoms with van der Waals surface area (Å²) in [5, 5.41) is 32.9. The highest BCUT2D eigenvalue weighted by molar-refractivity contribution is 5.90. The van der Waals surface area contributed by atoms with Crippen molar-refractivity contribution in [3.8, 4) is 35.8 Å². The summed E-state index contributed by atoms with van der Waals surface area (Å²) in [7, 11) is 0. The number of esters is 5. The largest absolute Gasteiger partial charge is 0.462 e. The molecule has 0 aliphatic heterocycles. The molecule has 0 spiro atoms. The second-order valence-corrected chi connectivity index (χ2v) is 29.3. The third-order valence-electron chi connectivity index (χ3n) is 19.5. The molecule has 0 saturated heterocycles. The van der Waals surface area contributed by atoms with Crippen LogP contribution in [0.15, 0.2) is 134 Å². The number of nitriles is 4. The van der Waals surface area contributed by atoms with E-state index in [-0.39, 0.29) is 40.9 Å². The number of benzene rings is 3. The van der Waals surface area contributed by atoms with E-state index in [1.807, 2.05) is 84.0 Å². The zero-order valence-corrected chi connectivity index (χ0v) is 73.7. The van der Waals surface area contributed by atoms with Gasteiger partial charge in [0.15, 0.2) is 0 Å². The summed E-state index contributed by atoms with van der Waals surface area (Å²) < 4.78 is 57.6. The molecule has 2 fully saturated rings. The number of rotatable bonds is 41. The minimum Gasteiger partial charge on any atom is -0.462 e. The summed E-state index contributed by atoms with van der Waals surface area (Å²) in [4.78, 5) is 56.6. The second kappa shape index (κ2) is 65.7. The highest BCUT2D eigenvalue weighted by atomic mass is 16.6. The smallest absolute Gasteiger partial charge is 0.338 e. The van der Waals surface area contributed by atoms with Crippen LogP contribution in [0.2, 0.25) is 0 Å². The number of ether oxygens (including phenoxy) is 11. The molecule has 20 nitrogen and oxygen atoms in total. The number of fused-ring (bicyclic) bond motifs is 2. The molecule has 2 aliphatic rings. The van der Waals surface area contributed by atoms with E-state index in [4.69, 9.17) is 73.2 Å². The molecule has 3 aromatic carbocycles. The number of nitrogens with zero attached hydrogens (tertiary/aromatic N) is 4. The molecule has 20 heteroatoms. The highest BCUT2D eigenvalue weighted by Crippen LogP contribution is 2.58.